The molecule has 0 unspecified atom stereocenters. The first-order chi connectivity index (χ1) is 8.11. The molecule has 3 N–H and O–H groups in total. The maximum atomic E-state index is 5.75. The Morgan fingerprint density at radius 2 is 1.88 bits per heavy atom. The summed E-state index contributed by atoms with van der Waals surface area (Å²) in [5, 5.41) is 3.64. The molecule has 0 aromatic heterocycles. The first kappa shape index (κ1) is 12.4. The molecule has 0 spiro atoms. The van der Waals surface area contributed by atoms with E-state index >= 15 is 0 Å². The highest BCUT2D eigenvalue weighted by Gasteiger charge is 2.27. The predicted molar refractivity (Wildman–Crippen MR) is 77.4 cm³/mol. The molecule has 0 aliphatic heterocycles. The minimum Gasteiger partial charge on any atom is -0.389 e. The normalized spacial score (nSPS) is 18.6. The Morgan fingerprint density at radius 1 is 1.24 bits per heavy atom. The monoisotopic (exact) mass is 248 g/mol. The third-order valence-corrected chi connectivity index (χ3v) is 3.81. The quantitative estimate of drug-likeness (QED) is 0.805. The zero-order chi connectivity index (χ0) is 12.3. The number of thiocarbonyl (C=S) groups is 1. The van der Waals surface area contributed by atoms with Crippen molar-refractivity contribution in [1.82, 2.24) is 0 Å². The molecule has 0 saturated heterocycles. The SMILES string of the molecule is CC1(Nc2ccccc2C(N)=S)CCCCC1. The van der Waals surface area contributed by atoms with Crippen LogP contribution in [0.25, 0.3) is 0 Å². The van der Waals surface area contributed by atoms with Crippen LogP contribution in [0, 0.1) is 0 Å². The van der Waals surface area contributed by atoms with Crippen molar-refractivity contribution in [3.8, 4) is 0 Å². The van der Waals surface area contributed by atoms with Gasteiger partial charge in [-0.3, -0.25) is 0 Å². The number of anilines is 1. The molecule has 2 nitrogen and oxygen atoms in total. The fraction of sp³-hybridized carbons (Fsp3) is 0.500. The molecule has 1 aliphatic rings. The van der Waals surface area contributed by atoms with E-state index in [1.54, 1.807) is 0 Å². The highest BCUT2D eigenvalue weighted by molar-refractivity contribution is 7.80. The summed E-state index contributed by atoms with van der Waals surface area (Å²) in [6, 6.07) is 8.05. The Bertz CT molecular complexity index is 408. The van der Waals surface area contributed by atoms with E-state index in [2.05, 4.69) is 18.3 Å². The zero-order valence-corrected chi connectivity index (χ0v) is 11.1. The number of hydrogen-bond acceptors (Lipinski definition) is 2. The van der Waals surface area contributed by atoms with Crippen molar-refractivity contribution in [1.29, 1.82) is 0 Å². The molecule has 2 rings (SSSR count). The van der Waals surface area contributed by atoms with Gasteiger partial charge in [-0.2, -0.15) is 0 Å². The zero-order valence-electron chi connectivity index (χ0n) is 10.3. The largest absolute Gasteiger partial charge is 0.389 e. The van der Waals surface area contributed by atoms with Crippen molar-refractivity contribution >= 4 is 22.9 Å². The molecule has 17 heavy (non-hydrogen) atoms. The lowest BCUT2D eigenvalue weighted by Gasteiger charge is -2.36. The molecule has 0 amide bonds. The number of benzene rings is 1. The van der Waals surface area contributed by atoms with Gasteiger partial charge in [0.05, 0.1) is 0 Å². The minimum absolute atomic E-state index is 0.194. The fourth-order valence-electron chi connectivity index (χ4n) is 2.59. The van der Waals surface area contributed by atoms with Gasteiger partial charge in [-0.25, -0.2) is 0 Å². The van der Waals surface area contributed by atoms with E-state index in [1.165, 1.54) is 32.1 Å². The van der Waals surface area contributed by atoms with Crippen molar-refractivity contribution in [3.05, 3.63) is 29.8 Å². The van der Waals surface area contributed by atoms with Crippen LogP contribution >= 0.6 is 12.2 Å². The summed E-state index contributed by atoms with van der Waals surface area (Å²) in [6.45, 7) is 2.29. The second-order valence-electron chi connectivity index (χ2n) is 5.16. The molecular weight excluding hydrogens is 228 g/mol. The van der Waals surface area contributed by atoms with Gasteiger partial charge in [-0.15, -0.1) is 0 Å². The molecule has 0 radical (unpaired) electrons. The Balaban J connectivity index is 2.20. The number of hydrogen-bond donors (Lipinski definition) is 2. The summed E-state index contributed by atoms with van der Waals surface area (Å²) >= 11 is 5.09. The second kappa shape index (κ2) is 5.05. The van der Waals surface area contributed by atoms with E-state index in [9.17, 15) is 0 Å². The van der Waals surface area contributed by atoms with Gasteiger partial charge < -0.3 is 11.1 Å². The first-order valence-electron chi connectivity index (χ1n) is 6.28. The van der Waals surface area contributed by atoms with Gasteiger partial charge >= 0.3 is 0 Å². The Morgan fingerprint density at radius 3 is 2.53 bits per heavy atom. The van der Waals surface area contributed by atoms with E-state index < -0.39 is 0 Å². The summed E-state index contributed by atoms with van der Waals surface area (Å²) in [5.74, 6) is 0. The summed E-state index contributed by atoms with van der Waals surface area (Å²) in [6.07, 6.45) is 6.41. The van der Waals surface area contributed by atoms with Crippen LogP contribution in [0.15, 0.2) is 24.3 Å². The summed E-state index contributed by atoms with van der Waals surface area (Å²) in [4.78, 5) is 0.465. The van der Waals surface area contributed by atoms with E-state index in [0.29, 0.717) is 4.99 Å². The second-order valence-corrected chi connectivity index (χ2v) is 5.60. The van der Waals surface area contributed by atoms with Crippen LogP contribution in [-0.4, -0.2) is 10.5 Å². The molecule has 1 fully saturated rings. The third-order valence-electron chi connectivity index (χ3n) is 3.59. The molecule has 1 aromatic rings. The van der Waals surface area contributed by atoms with Crippen LogP contribution in [0.1, 0.15) is 44.6 Å². The third kappa shape index (κ3) is 2.97. The van der Waals surface area contributed by atoms with Crippen LogP contribution in [-0.2, 0) is 0 Å². The van der Waals surface area contributed by atoms with Crippen molar-refractivity contribution < 1.29 is 0 Å². The van der Waals surface area contributed by atoms with E-state index in [-0.39, 0.29) is 5.54 Å². The minimum atomic E-state index is 0.194. The van der Waals surface area contributed by atoms with Crippen molar-refractivity contribution in [2.45, 2.75) is 44.6 Å². The maximum Gasteiger partial charge on any atom is 0.106 e. The molecule has 1 aliphatic carbocycles. The molecule has 0 bridgehead atoms. The lowest BCUT2D eigenvalue weighted by molar-refractivity contribution is 0.349. The number of rotatable bonds is 3. The van der Waals surface area contributed by atoms with Gasteiger partial charge in [0.25, 0.3) is 0 Å². The van der Waals surface area contributed by atoms with E-state index in [0.717, 1.165) is 11.3 Å². The molecular formula is C14H20N2S. The van der Waals surface area contributed by atoms with Gasteiger partial charge in [-0.1, -0.05) is 43.6 Å². The average Bonchev–Trinajstić information content (AvgIpc) is 2.29. The molecule has 92 valence electrons. The molecule has 3 heteroatoms. The molecule has 0 heterocycles. The average molecular weight is 248 g/mol. The Kier molecular flexibility index (Phi) is 3.67. The van der Waals surface area contributed by atoms with Crippen LogP contribution in [0.2, 0.25) is 0 Å². The van der Waals surface area contributed by atoms with Gasteiger partial charge in [0, 0.05) is 16.8 Å². The first-order valence-corrected chi connectivity index (χ1v) is 6.69. The van der Waals surface area contributed by atoms with Crippen molar-refractivity contribution in [2.24, 2.45) is 5.73 Å². The van der Waals surface area contributed by atoms with Crippen LogP contribution in [0.5, 0.6) is 0 Å². The number of para-hydroxylation sites is 1. The van der Waals surface area contributed by atoms with E-state index in [4.69, 9.17) is 18.0 Å². The summed E-state index contributed by atoms with van der Waals surface area (Å²) in [7, 11) is 0. The standard InChI is InChI=1S/C14H20N2S/c1-14(9-5-2-6-10-14)16-12-8-4-3-7-11(12)13(15)17/h3-4,7-8,16H,2,5-6,9-10H2,1H3,(H2,15,17). The lowest BCUT2D eigenvalue weighted by atomic mass is 9.83. The fourth-order valence-corrected chi connectivity index (χ4v) is 2.77. The van der Waals surface area contributed by atoms with E-state index in [1.807, 2.05) is 18.2 Å². The molecule has 1 saturated carbocycles. The number of nitrogens with one attached hydrogen (secondary N) is 1. The Labute approximate surface area is 109 Å². The summed E-state index contributed by atoms with van der Waals surface area (Å²) < 4.78 is 0. The predicted octanol–water partition coefficient (Wildman–Crippen LogP) is 3.46. The smallest absolute Gasteiger partial charge is 0.106 e. The van der Waals surface area contributed by atoms with Gasteiger partial charge in [0.1, 0.15) is 4.99 Å². The van der Waals surface area contributed by atoms with Gasteiger partial charge in [0.15, 0.2) is 0 Å². The van der Waals surface area contributed by atoms with Crippen molar-refractivity contribution in [3.63, 3.8) is 0 Å². The van der Waals surface area contributed by atoms with Crippen LogP contribution in [0.4, 0.5) is 5.69 Å². The van der Waals surface area contributed by atoms with Gasteiger partial charge in [-0.05, 0) is 31.9 Å². The summed E-state index contributed by atoms with van der Waals surface area (Å²) in [5.41, 5.74) is 7.97. The topological polar surface area (TPSA) is 38.0 Å². The lowest BCUT2D eigenvalue weighted by Crippen LogP contribution is -2.37. The highest BCUT2D eigenvalue weighted by atomic mass is 32.1. The van der Waals surface area contributed by atoms with Gasteiger partial charge in [0.2, 0.25) is 0 Å². The maximum absolute atomic E-state index is 5.75. The number of nitrogens with two attached hydrogens (primary N) is 1. The molecule has 1 aromatic carbocycles. The van der Waals surface area contributed by atoms with Crippen molar-refractivity contribution in [2.75, 3.05) is 5.32 Å². The van der Waals surface area contributed by atoms with Crippen LogP contribution in [0.3, 0.4) is 0 Å². The Hall–Kier alpha value is -1.09. The van der Waals surface area contributed by atoms with Crippen LogP contribution < -0.4 is 11.1 Å². The molecule has 0 atom stereocenters. The highest BCUT2D eigenvalue weighted by Crippen LogP contribution is 2.32.